The molecule has 0 fully saturated rings. The van der Waals surface area contributed by atoms with Crippen molar-refractivity contribution in [2.75, 3.05) is 10.6 Å². The molecular formula is C20H21N3O3S. The van der Waals surface area contributed by atoms with E-state index in [2.05, 4.69) is 15.6 Å². The van der Waals surface area contributed by atoms with E-state index in [1.54, 1.807) is 26.0 Å². The summed E-state index contributed by atoms with van der Waals surface area (Å²) in [5, 5.41) is 6.00. The number of furan rings is 1. The highest BCUT2D eigenvalue weighted by atomic mass is 32.1. The smallest absolute Gasteiger partial charge is 0.293 e. The molecule has 6 nitrogen and oxygen atoms in total. The van der Waals surface area contributed by atoms with Crippen LogP contribution in [0.1, 0.15) is 48.4 Å². The molecule has 0 saturated carbocycles. The maximum atomic E-state index is 12.7. The third-order valence-electron chi connectivity index (χ3n) is 4.10. The first-order valence-corrected chi connectivity index (χ1v) is 9.30. The predicted octanol–water partition coefficient (Wildman–Crippen LogP) is 4.78. The summed E-state index contributed by atoms with van der Waals surface area (Å²) >= 11 is 1.13. The second-order valence-electron chi connectivity index (χ2n) is 6.53. The quantitative estimate of drug-likeness (QED) is 0.679. The van der Waals surface area contributed by atoms with E-state index < -0.39 is 5.91 Å². The summed E-state index contributed by atoms with van der Waals surface area (Å²) in [5.41, 5.74) is 4.52. The number of anilines is 2. The molecule has 0 radical (unpaired) electrons. The van der Waals surface area contributed by atoms with Gasteiger partial charge in [-0.05, 0) is 57.9 Å². The summed E-state index contributed by atoms with van der Waals surface area (Å²) in [7, 11) is 0. The Kier molecular flexibility index (Phi) is 5.14. The van der Waals surface area contributed by atoms with Gasteiger partial charge in [0, 0.05) is 5.69 Å². The van der Waals surface area contributed by atoms with Crippen molar-refractivity contribution < 1.29 is 14.0 Å². The molecular weight excluding hydrogens is 362 g/mol. The van der Waals surface area contributed by atoms with Gasteiger partial charge in [0.15, 0.2) is 10.9 Å². The Morgan fingerprint density at radius 2 is 1.63 bits per heavy atom. The van der Waals surface area contributed by atoms with Crippen LogP contribution in [0.25, 0.3) is 0 Å². The van der Waals surface area contributed by atoms with Crippen LogP contribution in [-0.2, 0) is 0 Å². The van der Waals surface area contributed by atoms with Crippen LogP contribution in [0, 0.1) is 34.6 Å². The number of aromatic nitrogens is 1. The predicted molar refractivity (Wildman–Crippen MR) is 107 cm³/mol. The maximum absolute atomic E-state index is 12.7. The Hall–Kier alpha value is -2.93. The first-order chi connectivity index (χ1) is 12.7. The summed E-state index contributed by atoms with van der Waals surface area (Å²) in [6, 6.07) is 7.37. The summed E-state index contributed by atoms with van der Waals surface area (Å²) < 4.78 is 5.30. The molecule has 2 amide bonds. The Bertz CT molecular complexity index is 1010. The van der Waals surface area contributed by atoms with Gasteiger partial charge in [0.25, 0.3) is 11.8 Å². The second-order valence-corrected chi connectivity index (χ2v) is 7.52. The minimum Gasteiger partial charge on any atom is -0.456 e. The van der Waals surface area contributed by atoms with Crippen molar-refractivity contribution >= 4 is 34.0 Å². The number of hydrogen-bond acceptors (Lipinski definition) is 5. The zero-order valence-electron chi connectivity index (χ0n) is 15.9. The molecule has 0 bridgehead atoms. The topological polar surface area (TPSA) is 84.2 Å². The van der Waals surface area contributed by atoms with E-state index in [9.17, 15) is 9.59 Å². The molecule has 3 aromatic rings. The van der Waals surface area contributed by atoms with Gasteiger partial charge in [0.1, 0.15) is 10.6 Å². The van der Waals surface area contributed by atoms with E-state index in [0.717, 1.165) is 33.7 Å². The number of amides is 2. The van der Waals surface area contributed by atoms with Crippen molar-refractivity contribution in [1.29, 1.82) is 0 Å². The van der Waals surface area contributed by atoms with Crippen molar-refractivity contribution in [2.24, 2.45) is 0 Å². The highest BCUT2D eigenvalue weighted by Crippen LogP contribution is 2.27. The van der Waals surface area contributed by atoms with Gasteiger partial charge in [-0.1, -0.05) is 29.0 Å². The minimum atomic E-state index is -0.394. The first-order valence-electron chi connectivity index (χ1n) is 8.49. The van der Waals surface area contributed by atoms with Gasteiger partial charge in [0.05, 0.1) is 5.69 Å². The fourth-order valence-corrected chi connectivity index (χ4v) is 3.78. The van der Waals surface area contributed by atoms with Crippen LogP contribution in [-0.4, -0.2) is 16.8 Å². The average Bonchev–Trinajstić information content (AvgIpc) is 3.16. The van der Waals surface area contributed by atoms with Crippen LogP contribution in [0.4, 0.5) is 10.8 Å². The number of carbonyl (C=O) groups excluding carboxylic acids is 2. The molecule has 0 aliphatic heterocycles. The number of rotatable bonds is 4. The molecule has 0 unspecified atom stereocenters. The zero-order chi connectivity index (χ0) is 19.7. The Labute approximate surface area is 161 Å². The number of nitrogens with one attached hydrogen (secondary N) is 2. The second kappa shape index (κ2) is 7.36. The van der Waals surface area contributed by atoms with E-state index in [0.29, 0.717) is 21.5 Å². The number of benzene rings is 1. The fourth-order valence-electron chi connectivity index (χ4n) is 2.92. The van der Waals surface area contributed by atoms with E-state index in [4.69, 9.17) is 4.42 Å². The Morgan fingerprint density at radius 1 is 0.963 bits per heavy atom. The number of aryl methyl sites for hydroxylation is 5. The lowest BCUT2D eigenvalue weighted by Gasteiger charge is -2.12. The molecule has 0 aliphatic carbocycles. The number of thiazole rings is 1. The maximum Gasteiger partial charge on any atom is 0.293 e. The van der Waals surface area contributed by atoms with Gasteiger partial charge in [-0.15, -0.1) is 0 Å². The van der Waals surface area contributed by atoms with Gasteiger partial charge >= 0.3 is 0 Å². The third kappa shape index (κ3) is 4.09. The lowest BCUT2D eigenvalue weighted by molar-refractivity contribution is 0.0993. The molecule has 27 heavy (non-hydrogen) atoms. The normalized spacial score (nSPS) is 10.7. The van der Waals surface area contributed by atoms with Gasteiger partial charge in [-0.2, -0.15) is 0 Å². The number of hydrogen-bond donors (Lipinski definition) is 2. The van der Waals surface area contributed by atoms with Crippen LogP contribution in [0.2, 0.25) is 0 Å². The van der Waals surface area contributed by atoms with Gasteiger partial charge < -0.3 is 9.73 Å². The molecule has 140 valence electrons. The van der Waals surface area contributed by atoms with Crippen molar-refractivity contribution in [3.8, 4) is 0 Å². The SMILES string of the molecule is Cc1cc(C)c(NC(=O)c2sc(NC(=O)c3ccc(C)o3)nc2C)c(C)c1. The van der Waals surface area contributed by atoms with Crippen LogP contribution >= 0.6 is 11.3 Å². The van der Waals surface area contributed by atoms with Crippen LogP contribution in [0.15, 0.2) is 28.7 Å². The summed E-state index contributed by atoms with van der Waals surface area (Å²) in [6.45, 7) is 9.46. The van der Waals surface area contributed by atoms with E-state index in [1.165, 1.54) is 0 Å². The first kappa shape index (κ1) is 18.8. The standard InChI is InChI=1S/C20H21N3O3S/c1-10-8-11(2)16(12(3)9-10)22-19(25)17-14(5)21-20(27-17)23-18(24)15-7-6-13(4)26-15/h6-9H,1-5H3,(H,22,25)(H,21,23,24). The highest BCUT2D eigenvalue weighted by Gasteiger charge is 2.19. The highest BCUT2D eigenvalue weighted by molar-refractivity contribution is 7.17. The summed E-state index contributed by atoms with van der Waals surface area (Å²) in [4.78, 5) is 29.7. The number of carbonyl (C=O) groups is 2. The molecule has 7 heteroatoms. The van der Waals surface area contributed by atoms with Crippen LogP contribution < -0.4 is 10.6 Å². The summed E-state index contributed by atoms with van der Waals surface area (Å²) in [5.74, 6) is 0.222. The average molecular weight is 383 g/mol. The Balaban J connectivity index is 1.78. The van der Waals surface area contributed by atoms with E-state index in [-0.39, 0.29) is 11.7 Å². The van der Waals surface area contributed by atoms with E-state index >= 15 is 0 Å². The summed E-state index contributed by atoms with van der Waals surface area (Å²) in [6.07, 6.45) is 0. The molecule has 0 aliphatic rings. The number of nitrogens with zero attached hydrogens (tertiary/aromatic N) is 1. The molecule has 2 heterocycles. The molecule has 0 spiro atoms. The molecule has 1 aromatic carbocycles. The van der Waals surface area contributed by atoms with Crippen molar-refractivity contribution in [1.82, 2.24) is 4.98 Å². The van der Waals surface area contributed by atoms with Crippen LogP contribution in [0.5, 0.6) is 0 Å². The third-order valence-corrected chi connectivity index (χ3v) is 5.17. The molecule has 0 atom stereocenters. The van der Waals surface area contributed by atoms with Crippen molar-refractivity contribution in [2.45, 2.75) is 34.6 Å². The monoisotopic (exact) mass is 383 g/mol. The lowest BCUT2D eigenvalue weighted by atomic mass is 10.1. The van der Waals surface area contributed by atoms with Gasteiger partial charge in [-0.25, -0.2) is 4.98 Å². The zero-order valence-corrected chi connectivity index (χ0v) is 16.7. The largest absolute Gasteiger partial charge is 0.456 e. The van der Waals surface area contributed by atoms with Crippen LogP contribution in [0.3, 0.4) is 0 Å². The fraction of sp³-hybridized carbons (Fsp3) is 0.250. The molecule has 2 aromatic heterocycles. The van der Waals surface area contributed by atoms with Gasteiger partial charge in [0.2, 0.25) is 0 Å². The molecule has 2 N–H and O–H groups in total. The van der Waals surface area contributed by atoms with Gasteiger partial charge in [-0.3, -0.25) is 14.9 Å². The van der Waals surface area contributed by atoms with E-state index in [1.807, 2.05) is 32.9 Å². The molecule has 3 rings (SSSR count). The lowest BCUT2D eigenvalue weighted by Crippen LogP contribution is -2.13. The van der Waals surface area contributed by atoms with Crippen molar-refractivity contribution in [3.05, 3.63) is 63.0 Å². The Morgan fingerprint density at radius 3 is 2.22 bits per heavy atom. The molecule has 0 saturated heterocycles. The van der Waals surface area contributed by atoms with Crippen molar-refractivity contribution in [3.63, 3.8) is 0 Å². The minimum absolute atomic E-state index is 0.206.